The Hall–Kier alpha value is -1.91. The van der Waals surface area contributed by atoms with Crippen LogP contribution in [0.2, 0.25) is 0 Å². The lowest BCUT2D eigenvalue weighted by molar-refractivity contribution is 0.0687. The van der Waals surface area contributed by atoms with Crippen LogP contribution >= 0.6 is 0 Å². The summed E-state index contributed by atoms with van der Waals surface area (Å²) in [5.74, 6) is -1.00. The van der Waals surface area contributed by atoms with E-state index in [0.29, 0.717) is 5.65 Å². The average Bonchev–Trinajstić information content (AvgIpc) is 2.43. The maximum atomic E-state index is 10.7. The summed E-state index contributed by atoms with van der Waals surface area (Å²) in [6.45, 7) is 1.79. The van der Waals surface area contributed by atoms with Crippen LogP contribution in [0.15, 0.2) is 18.3 Å². The Labute approximate surface area is 73.6 Å². The van der Waals surface area contributed by atoms with Crippen molar-refractivity contribution in [3.63, 3.8) is 0 Å². The second-order valence-electron chi connectivity index (χ2n) is 2.69. The van der Waals surface area contributed by atoms with Crippen molar-refractivity contribution in [3.05, 3.63) is 29.7 Å². The van der Waals surface area contributed by atoms with Crippen LogP contribution in [-0.2, 0) is 0 Å². The van der Waals surface area contributed by atoms with Gasteiger partial charge < -0.3 is 5.11 Å². The molecule has 0 spiro atoms. The Morgan fingerprint density at radius 1 is 1.62 bits per heavy atom. The first-order valence-electron chi connectivity index (χ1n) is 3.73. The predicted octanol–water partition coefficient (Wildman–Crippen LogP) is 0.736. The van der Waals surface area contributed by atoms with Crippen molar-refractivity contribution in [1.29, 1.82) is 0 Å². The van der Waals surface area contributed by atoms with Crippen molar-refractivity contribution in [2.24, 2.45) is 0 Å². The second kappa shape index (κ2) is 2.55. The van der Waals surface area contributed by atoms with Crippen LogP contribution in [0.25, 0.3) is 5.65 Å². The molecule has 66 valence electrons. The van der Waals surface area contributed by atoms with E-state index in [0.717, 1.165) is 5.69 Å². The summed E-state index contributed by atoms with van der Waals surface area (Å²) in [7, 11) is 0. The van der Waals surface area contributed by atoms with Gasteiger partial charge in [-0.05, 0) is 13.0 Å². The molecule has 0 aliphatic carbocycles. The normalized spacial score (nSPS) is 10.5. The van der Waals surface area contributed by atoms with E-state index < -0.39 is 5.97 Å². The van der Waals surface area contributed by atoms with E-state index in [1.54, 1.807) is 13.0 Å². The maximum Gasteiger partial charge on any atom is 0.354 e. The Bertz CT molecular complexity index is 475. The number of aryl methyl sites for hydroxylation is 1. The van der Waals surface area contributed by atoms with E-state index in [-0.39, 0.29) is 5.69 Å². The lowest BCUT2D eigenvalue weighted by Gasteiger charge is -1.96. The first-order valence-corrected chi connectivity index (χ1v) is 3.73. The van der Waals surface area contributed by atoms with E-state index >= 15 is 0 Å². The molecule has 2 heterocycles. The Kier molecular flexibility index (Phi) is 1.51. The third-order valence-electron chi connectivity index (χ3n) is 1.70. The van der Waals surface area contributed by atoms with E-state index in [1.165, 1.54) is 16.8 Å². The Morgan fingerprint density at radius 2 is 2.38 bits per heavy atom. The van der Waals surface area contributed by atoms with Crippen molar-refractivity contribution >= 4 is 11.6 Å². The van der Waals surface area contributed by atoms with E-state index in [2.05, 4.69) is 10.1 Å². The third kappa shape index (κ3) is 1.14. The van der Waals surface area contributed by atoms with Gasteiger partial charge in [0.1, 0.15) is 0 Å². The smallest absolute Gasteiger partial charge is 0.354 e. The summed E-state index contributed by atoms with van der Waals surface area (Å²) in [5.41, 5.74) is 1.43. The Balaban J connectivity index is 2.82. The molecule has 0 saturated heterocycles. The minimum atomic E-state index is -1.00. The second-order valence-corrected chi connectivity index (χ2v) is 2.69. The minimum absolute atomic E-state index is 0.123. The molecule has 1 N–H and O–H groups in total. The van der Waals surface area contributed by atoms with Crippen molar-refractivity contribution < 1.29 is 9.90 Å². The lowest BCUT2D eigenvalue weighted by atomic mass is 10.4. The van der Waals surface area contributed by atoms with Crippen LogP contribution in [0.5, 0.6) is 0 Å². The van der Waals surface area contributed by atoms with Gasteiger partial charge in [0, 0.05) is 12.3 Å². The molecule has 0 bridgehead atoms. The third-order valence-corrected chi connectivity index (χ3v) is 1.70. The molecule has 2 aromatic heterocycles. The van der Waals surface area contributed by atoms with Gasteiger partial charge in [-0.2, -0.15) is 5.10 Å². The number of carbonyl (C=O) groups is 1. The summed E-state index contributed by atoms with van der Waals surface area (Å²) in [4.78, 5) is 14.7. The molecule has 0 atom stereocenters. The molecule has 2 rings (SSSR count). The van der Waals surface area contributed by atoms with Gasteiger partial charge in [0.15, 0.2) is 11.3 Å². The molecule has 13 heavy (non-hydrogen) atoms. The van der Waals surface area contributed by atoms with Crippen molar-refractivity contribution in [1.82, 2.24) is 14.6 Å². The topological polar surface area (TPSA) is 67.5 Å². The largest absolute Gasteiger partial charge is 0.477 e. The standard InChI is InChI=1S/C8H7N3O2/c1-5-4-7-9-3-2-6(8(12)13)11(7)10-5/h2-4H,1H3,(H,12,13). The van der Waals surface area contributed by atoms with E-state index in [1.807, 2.05) is 0 Å². The zero-order chi connectivity index (χ0) is 9.42. The van der Waals surface area contributed by atoms with Gasteiger partial charge in [-0.25, -0.2) is 14.3 Å². The van der Waals surface area contributed by atoms with Crippen LogP contribution < -0.4 is 0 Å². The van der Waals surface area contributed by atoms with Crippen LogP contribution in [0.3, 0.4) is 0 Å². The summed E-state index contributed by atoms with van der Waals surface area (Å²) < 4.78 is 1.32. The molecule has 0 amide bonds. The molecule has 2 aromatic rings. The molecule has 0 fully saturated rings. The molecule has 0 saturated carbocycles. The lowest BCUT2D eigenvalue weighted by Crippen LogP contribution is -2.06. The summed E-state index contributed by atoms with van der Waals surface area (Å²) in [5, 5.41) is 12.8. The number of hydrogen-bond acceptors (Lipinski definition) is 3. The van der Waals surface area contributed by atoms with Crippen LogP contribution in [-0.4, -0.2) is 25.7 Å². The molecule has 5 heteroatoms. The van der Waals surface area contributed by atoms with E-state index in [4.69, 9.17) is 5.11 Å². The quantitative estimate of drug-likeness (QED) is 0.697. The van der Waals surface area contributed by atoms with Gasteiger partial charge in [0.05, 0.1) is 5.69 Å². The molecular formula is C8H7N3O2. The molecule has 5 nitrogen and oxygen atoms in total. The fourth-order valence-corrected chi connectivity index (χ4v) is 1.17. The highest BCUT2D eigenvalue weighted by atomic mass is 16.4. The number of carboxylic acids is 1. The monoisotopic (exact) mass is 177 g/mol. The number of aromatic nitrogens is 3. The van der Waals surface area contributed by atoms with E-state index in [9.17, 15) is 4.79 Å². The maximum absolute atomic E-state index is 10.7. The fraction of sp³-hybridized carbons (Fsp3) is 0.125. The van der Waals surface area contributed by atoms with Crippen LogP contribution in [0.1, 0.15) is 16.2 Å². The summed E-state index contributed by atoms with van der Waals surface area (Å²) in [6.07, 6.45) is 1.46. The number of carboxylic acid groups (broad SMARTS) is 1. The Morgan fingerprint density at radius 3 is 3.08 bits per heavy atom. The summed E-state index contributed by atoms with van der Waals surface area (Å²) in [6, 6.07) is 3.15. The first kappa shape index (κ1) is 7.72. The minimum Gasteiger partial charge on any atom is -0.477 e. The van der Waals surface area contributed by atoms with Crippen molar-refractivity contribution in [2.45, 2.75) is 6.92 Å². The van der Waals surface area contributed by atoms with Gasteiger partial charge in [-0.15, -0.1) is 0 Å². The predicted molar refractivity (Wildman–Crippen MR) is 44.7 cm³/mol. The van der Waals surface area contributed by atoms with Crippen molar-refractivity contribution in [2.75, 3.05) is 0 Å². The molecule has 0 radical (unpaired) electrons. The molecule has 0 aliphatic rings. The molecule has 0 unspecified atom stereocenters. The number of aromatic carboxylic acids is 1. The van der Waals surface area contributed by atoms with Crippen molar-refractivity contribution in [3.8, 4) is 0 Å². The first-order chi connectivity index (χ1) is 6.18. The van der Waals surface area contributed by atoms with Crippen LogP contribution in [0.4, 0.5) is 0 Å². The average molecular weight is 177 g/mol. The SMILES string of the molecule is Cc1cc2nccc(C(=O)O)n2n1. The number of fused-ring (bicyclic) bond motifs is 1. The van der Waals surface area contributed by atoms with Crippen LogP contribution in [0, 0.1) is 6.92 Å². The highest BCUT2D eigenvalue weighted by Gasteiger charge is 2.09. The van der Waals surface area contributed by atoms with Gasteiger partial charge in [-0.1, -0.05) is 0 Å². The van der Waals surface area contributed by atoms with Gasteiger partial charge >= 0.3 is 5.97 Å². The van der Waals surface area contributed by atoms with Gasteiger partial charge in [-0.3, -0.25) is 0 Å². The molecule has 0 aliphatic heterocycles. The van der Waals surface area contributed by atoms with Gasteiger partial charge in [0.2, 0.25) is 0 Å². The molecule has 0 aromatic carbocycles. The number of nitrogens with zero attached hydrogens (tertiary/aromatic N) is 3. The summed E-state index contributed by atoms with van der Waals surface area (Å²) >= 11 is 0. The fourth-order valence-electron chi connectivity index (χ4n) is 1.17. The highest BCUT2D eigenvalue weighted by Crippen LogP contribution is 2.05. The number of rotatable bonds is 1. The highest BCUT2D eigenvalue weighted by molar-refractivity contribution is 5.86. The number of hydrogen-bond donors (Lipinski definition) is 1. The molecular weight excluding hydrogens is 170 g/mol. The zero-order valence-electron chi connectivity index (χ0n) is 6.93. The zero-order valence-corrected chi connectivity index (χ0v) is 6.93. The van der Waals surface area contributed by atoms with Gasteiger partial charge in [0.25, 0.3) is 0 Å².